The molecule has 2 aromatic rings. The number of likely N-dealkylation sites (N-methyl/N-ethyl adjacent to an activating group) is 1. The maximum atomic E-state index is 6.25. The van der Waals surface area contributed by atoms with Crippen molar-refractivity contribution in [3.8, 4) is 0 Å². The van der Waals surface area contributed by atoms with Crippen molar-refractivity contribution in [3.63, 3.8) is 0 Å². The quantitative estimate of drug-likeness (QED) is 0.891. The fourth-order valence-corrected chi connectivity index (χ4v) is 2.73. The number of benzene rings is 1. The average Bonchev–Trinajstić information content (AvgIpc) is 2.91. The zero-order chi connectivity index (χ0) is 15.4. The second-order valence-electron chi connectivity index (χ2n) is 5.58. The van der Waals surface area contributed by atoms with Crippen molar-refractivity contribution < 1.29 is 0 Å². The summed E-state index contributed by atoms with van der Waals surface area (Å²) >= 11 is 6.25. The van der Waals surface area contributed by atoms with E-state index in [1.54, 1.807) is 0 Å². The number of hydrogen-bond donors (Lipinski definition) is 1. The molecule has 1 unspecified atom stereocenters. The van der Waals surface area contributed by atoms with E-state index in [0.29, 0.717) is 12.6 Å². The topological polar surface area (TPSA) is 47.1 Å². The van der Waals surface area contributed by atoms with Gasteiger partial charge >= 0.3 is 0 Å². The Morgan fingerprint density at radius 1 is 1.33 bits per heavy atom. The molecule has 1 aromatic carbocycles. The molecular weight excluding hydrogens is 284 g/mol. The lowest BCUT2D eigenvalue weighted by atomic mass is 10.1. The monoisotopic (exact) mass is 306 g/mol. The van der Waals surface area contributed by atoms with Crippen LogP contribution in [0.4, 0.5) is 0 Å². The van der Waals surface area contributed by atoms with Crippen molar-refractivity contribution in [1.82, 2.24) is 14.5 Å². The standard InChI is InChI=1S/C16H23ClN4/c1-12(2)21-11-19-9-16(21)15(8-18)20(3)10-13-6-4-5-7-14(13)17/h4-7,9,11-12,15H,8,10,18H2,1-3H3. The molecule has 1 atom stereocenters. The SMILES string of the molecule is CC(C)n1cncc1C(CN)N(C)Cc1ccccc1Cl. The molecule has 0 aliphatic carbocycles. The van der Waals surface area contributed by atoms with Crippen LogP contribution >= 0.6 is 11.6 Å². The van der Waals surface area contributed by atoms with E-state index in [-0.39, 0.29) is 6.04 Å². The molecule has 4 nitrogen and oxygen atoms in total. The van der Waals surface area contributed by atoms with Crippen LogP contribution in [0.5, 0.6) is 0 Å². The molecule has 5 heteroatoms. The number of imidazole rings is 1. The Hall–Kier alpha value is -1.36. The minimum Gasteiger partial charge on any atom is -0.331 e. The molecule has 0 saturated heterocycles. The second kappa shape index (κ2) is 7.07. The lowest BCUT2D eigenvalue weighted by Gasteiger charge is -2.29. The maximum absolute atomic E-state index is 6.25. The zero-order valence-electron chi connectivity index (χ0n) is 12.8. The first-order chi connectivity index (χ1) is 10.0. The van der Waals surface area contributed by atoms with Gasteiger partial charge in [0, 0.05) is 30.4 Å². The smallest absolute Gasteiger partial charge is 0.0951 e. The fraction of sp³-hybridized carbons (Fsp3) is 0.438. The molecule has 21 heavy (non-hydrogen) atoms. The summed E-state index contributed by atoms with van der Waals surface area (Å²) in [6.07, 6.45) is 3.77. The third-order valence-electron chi connectivity index (χ3n) is 3.73. The summed E-state index contributed by atoms with van der Waals surface area (Å²) in [6.45, 7) is 5.59. The molecule has 0 amide bonds. The van der Waals surface area contributed by atoms with Crippen molar-refractivity contribution in [2.24, 2.45) is 5.73 Å². The van der Waals surface area contributed by atoms with Crippen LogP contribution in [0, 0.1) is 0 Å². The van der Waals surface area contributed by atoms with Crippen LogP contribution in [0.1, 0.15) is 37.2 Å². The molecule has 0 spiro atoms. The van der Waals surface area contributed by atoms with Crippen molar-refractivity contribution in [2.45, 2.75) is 32.5 Å². The molecule has 114 valence electrons. The van der Waals surface area contributed by atoms with E-state index >= 15 is 0 Å². The normalized spacial score (nSPS) is 13.1. The van der Waals surface area contributed by atoms with Gasteiger partial charge in [-0.1, -0.05) is 29.8 Å². The van der Waals surface area contributed by atoms with Crippen LogP contribution in [-0.4, -0.2) is 28.0 Å². The number of nitrogens with two attached hydrogens (primary N) is 1. The van der Waals surface area contributed by atoms with Crippen molar-refractivity contribution in [3.05, 3.63) is 53.1 Å². The van der Waals surface area contributed by atoms with Gasteiger partial charge in [-0.3, -0.25) is 4.90 Å². The van der Waals surface area contributed by atoms with Gasteiger partial charge in [-0.25, -0.2) is 4.98 Å². The molecule has 1 heterocycles. The highest BCUT2D eigenvalue weighted by molar-refractivity contribution is 6.31. The first-order valence-electron chi connectivity index (χ1n) is 7.20. The van der Waals surface area contributed by atoms with Crippen molar-refractivity contribution >= 4 is 11.6 Å². The fourth-order valence-electron chi connectivity index (χ4n) is 2.54. The molecular formula is C16H23ClN4. The van der Waals surface area contributed by atoms with Gasteiger partial charge in [-0.15, -0.1) is 0 Å². The van der Waals surface area contributed by atoms with E-state index in [1.165, 1.54) is 0 Å². The first kappa shape index (κ1) is 16.0. The molecule has 2 N–H and O–H groups in total. The Morgan fingerprint density at radius 2 is 2.05 bits per heavy atom. The number of nitrogens with zero attached hydrogens (tertiary/aromatic N) is 3. The highest BCUT2D eigenvalue weighted by Crippen LogP contribution is 2.24. The molecule has 1 aromatic heterocycles. The van der Waals surface area contributed by atoms with Crippen LogP contribution in [0.2, 0.25) is 5.02 Å². The Balaban J connectivity index is 2.21. The average molecular weight is 307 g/mol. The predicted octanol–water partition coefficient (Wildman–Crippen LogP) is 3.25. The number of aromatic nitrogens is 2. The minimum absolute atomic E-state index is 0.117. The molecule has 2 rings (SSSR count). The maximum Gasteiger partial charge on any atom is 0.0951 e. The van der Waals surface area contributed by atoms with Crippen LogP contribution in [-0.2, 0) is 6.54 Å². The first-order valence-corrected chi connectivity index (χ1v) is 7.57. The third kappa shape index (κ3) is 3.64. The summed E-state index contributed by atoms with van der Waals surface area (Å²) in [5.41, 5.74) is 8.26. The van der Waals surface area contributed by atoms with Crippen molar-refractivity contribution in [1.29, 1.82) is 0 Å². The highest BCUT2D eigenvalue weighted by atomic mass is 35.5. The third-order valence-corrected chi connectivity index (χ3v) is 4.10. The van der Waals surface area contributed by atoms with Gasteiger partial charge in [0.2, 0.25) is 0 Å². The van der Waals surface area contributed by atoms with Crippen LogP contribution in [0.3, 0.4) is 0 Å². The lowest BCUT2D eigenvalue weighted by molar-refractivity contribution is 0.230. The highest BCUT2D eigenvalue weighted by Gasteiger charge is 2.21. The van der Waals surface area contributed by atoms with Gasteiger partial charge in [0.25, 0.3) is 0 Å². The Morgan fingerprint density at radius 3 is 2.67 bits per heavy atom. The zero-order valence-corrected chi connectivity index (χ0v) is 13.6. The Kier molecular flexibility index (Phi) is 5.39. The second-order valence-corrected chi connectivity index (χ2v) is 5.98. The minimum atomic E-state index is 0.117. The van der Waals surface area contributed by atoms with Crippen LogP contribution in [0.25, 0.3) is 0 Å². The molecule has 0 aliphatic rings. The molecule has 0 saturated carbocycles. The predicted molar refractivity (Wildman–Crippen MR) is 87.3 cm³/mol. The largest absolute Gasteiger partial charge is 0.331 e. The lowest BCUT2D eigenvalue weighted by Crippen LogP contribution is -2.32. The van der Waals surface area contributed by atoms with Gasteiger partial charge in [0.05, 0.1) is 18.1 Å². The van der Waals surface area contributed by atoms with Crippen LogP contribution < -0.4 is 5.73 Å². The summed E-state index contributed by atoms with van der Waals surface area (Å²) in [5, 5.41) is 0.789. The number of halogens is 1. The van der Waals surface area contributed by atoms with Gasteiger partial charge in [-0.05, 0) is 32.5 Å². The Bertz CT molecular complexity index is 579. The van der Waals surface area contributed by atoms with Crippen LogP contribution in [0.15, 0.2) is 36.8 Å². The van der Waals surface area contributed by atoms with E-state index in [4.69, 9.17) is 17.3 Å². The summed E-state index contributed by atoms with van der Waals surface area (Å²) in [6, 6.07) is 8.40. The number of rotatable bonds is 6. The van der Waals surface area contributed by atoms with E-state index in [1.807, 2.05) is 36.8 Å². The summed E-state index contributed by atoms with van der Waals surface area (Å²) in [7, 11) is 2.07. The number of hydrogen-bond acceptors (Lipinski definition) is 3. The van der Waals surface area contributed by atoms with E-state index in [0.717, 1.165) is 22.8 Å². The van der Waals surface area contributed by atoms with Gasteiger partial charge < -0.3 is 10.3 Å². The van der Waals surface area contributed by atoms with E-state index in [9.17, 15) is 0 Å². The summed E-state index contributed by atoms with van der Waals surface area (Å²) < 4.78 is 2.17. The van der Waals surface area contributed by atoms with Gasteiger partial charge in [0.1, 0.15) is 0 Å². The van der Waals surface area contributed by atoms with Gasteiger partial charge in [-0.2, -0.15) is 0 Å². The molecule has 0 radical (unpaired) electrons. The van der Waals surface area contributed by atoms with E-state index in [2.05, 4.69) is 35.3 Å². The summed E-state index contributed by atoms with van der Waals surface area (Å²) in [5.74, 6) is 0. The molecule has 0 aliphatic heterocycles. The Labute approximate surface area is 131 Å². The molecule has 0 bridgehead atoms. The molecule has 0 fully saturated rings. The van der Waals surface area contributed by atoms with Gasteiger partial charge in [0.15, 0.2) is 0 Å². The summed E-state index contributed by atoms with van der Waals surface area (Å²) in [4.78, 5) is 6.49. The van der Waals surface area contributed by atoms with Crippen molar-refractivity contribution in [2.75, 3.05) is 13.6 Å². The van der Waals surface area contributed by atoms with E-state index < -0.39 is 0 Å².